The molecule has 0 aliphatic rings. The molecule has 2 aromatic carbocycles. The Hall–Kier alpha value is -2.34. The van der Waals surface area contributed by atoms with Crippen LogP contribution in [0.4, 0.5) is 10.5 Å². The molecule has 0 aromatic heterocycles. The third kappa shape index (κ3) is 5.82. The van der Waals surface area contributed by atoms with Crippen molar-refractivity contribution in [2.24, 2.45) is 0 Å². The number of hydrogen-bond acceptors (Lipinski definition) is 4. The summed E-state index contributed by atoms with van der Waals surface area (Å²) in [4.78, 5) is 13.5. The van der Waals surface area contributed by atoms with E-state index in [2.05, 4.69) is 30.5 Å². The topological polar surface area (TPSA) is 59.6 Å². The number of para-hydroxylation sites is 1. The average molecular weight is 389 g/mol. The molecule has 2 N–H and O–H groups in total. The standard InChI is InChI=1S/C21H28N2O3S/c1-6-15(3)27-17-10-11-18(14(2)12-17)23-21(24)22-13-16-8-7-9-19(25-4)20(16)26-5/h7-12,15H,6,13H2,1-5H3,(H2,22,23,24). The molecular weight excluding hydrogens is 360 g/mol. The average Bonchev–Trinajstić information content (AvgIpc) is 2.67. The van der Waals surface area contributed by atoms with Gasteiger partial charge in [0.05, 0.1) is 14.2 Å². The summed E-state index contributed by atoms with van der Waals surface area (Å²) < 4.78 is 10.7. The highest BCUT2D eigenvalue weighted by molar-refractivity contribution is 7.99. The molecule has 0 spiro atoms. The molecule has 27 heavy (non-hydrogen) atoms. The highest BCUT2D eigenvalue weighted by Gasteiger charge is 2.11. The van der Waals surface area contributed by atoms with E-state index < -0.39 is 0 Å². The fourth-order valence-electron chi connectivity index (χ4n) is 2.60. The molecule has 0 aliphatic heterocycles. The maximum atomic E-state index is 12.3. The quantitative estimate of drug-likeness (QED) is 0.608. The number of thioether (sulfide) groups is 1. The zero-order valence-electron chi connectivity index (χ0n) is 16.6. The van der Waals surface area contributed by atoms with Gasteiger partial charge in [-0.3, -0.25) is 0 Å². The number of anilines is 1. The van der Waals surface area contributed by atoms with E-state index in [1.165, 1.54) is 4.90 Å². The normalized spacial score (nSPS) is 11.6. The first kappa shape index (κ1) is 21.0. The number of nitrogens with one attached hydrogen (secondary N) is 2. The zero-order valence-corrected chi connectivity index (χ0v) is 17.4. The lowest BCUT2D eigenvalue weighted by Crippen LogP contribution is -2.28. The number of urea groups is 1. The Morgan fingerprint density at radius 2 is 1.96 bits per heavy atom. The molecule has 0 aliphatic carbocycles. The molecule has 146 valence electrons. The van der Waals surface area contributed by atoms with Gasteiger partial charge in [-0.15, -0.1) is 11.8 Å². The minimum atomic E-state index is -0.259. The smallest absolute Gasteiger partial charge is 0.319 e. The molecule has 0 heterocycles. The van der Waals surface area contributed by atoms with E-state index in [4.69, 9.17) is 9.47 Å². The number of methoxy groups -OCH3 is 2. The number of amides is 2. The number of carbonyl (C=O) groups excluding carboxylic acids is 1. The van der Waals surface area contributed by atoms with Crippen LogP contribution in [-0.4, -0.2) is 25.5 Å². The third-order valence-corrected chi connectivity index (χ3v) is 5.54. The second-order valence-corrected chi connectivity index (χ2v) is 7.79. The molecule has 5 nitrogen and oxygen atoms in total. The lowest BCUT2D eigenvalue weighted by molar-refractivity contribution is 0.251. The van der Waals surface area contributed by atoms with E-state index in [1.54, 1.807) is 14.2 Å². The van der Waals surface area contributed by atoms with Crippen molar-refractivity contribution in [1.82, 2.24) is 5.32 Å². The van der Waals surface area contributed by atoms with Gasteiger partial charge < -0.3 is 20.1 Å². The summed E-state index contributed by atoms with van der Waals surface area (Å²) in [5.41, 5.74) is 2.69. The van der Waals surface area contributed by atoms with Crippen molar-refractivity contribution in [2.75, 3.05) is 19.5 Å². The summed E-state index contributed by atoms with van der Waals surface area (Å²) in [5.74, 6) is 1.27. The highest BCUT2D eigenvalue weighted by atomic mass is 32.2. The molecule has 1 atom stereocenters. The van der Waals surface area contributed by atoms with E-state index in [1.807, 2.05) is 49.0 Å². The van der Waals surface area contributed by atoms with E-state index in [0.717, 1.165) is 23.2 Å². The van der Waals surface area contributed by atoms with Crippen LogP contribution in [0.5, 0.6) is 11.5 Å². The lowest BCUT2D eigenvalue weighted by atomic mass is 10.2. The molecular formula is C21H28N2O3S. The summed E-state index contributed by atoms with van der Waals surface area (Å²) in [5, 5.41) is 6.35. The minimum absolute atomic E-state index is 0.259. The second kappa shape index (κ2) is 10.1. The van der Waals surface area contributed by atoms with Crippen LogP contribution in [0.2, 0.25) is 0 Å². The molecule has 2 rings (SSSR count). The van der Waals surface area contributed by atoms with Gasteiger partial charge in [0.15, 0.2) is 11.5 Å². The first-order valence-corrected chi connectivity index (χ1v) is 9.88. The number of aryl methyl sites for hydroxylation is 1. The molecule has 0 radical (unpaired) electrons. The summed E-state index contributed by atoms with van der Waals surface area (Å²) in [6, 6.07) is 11.4. The second-order valence-electron chi connectivity index (χ2n) is 6.27. The largest absolute Gasteiger partial charge is 0.493 e. The predicted octanol–water partition coefficient (Wildman–Crippen LogP) is 5.22. The molecule has 2 aromatic rings. The van der Waals surface area contributed by atoms with Crippen LogP contribution in [0.25, 0.3) is 0 Å². The predicted molar refractivity (Wildman–Crippen MR) is 112 cm³/mol. The SMILES string of the molecule is CCC(C)Sc1ccc(NC(=O)NCc2cccc(OC)c2OC)c(C)c1. The van der Waals surface area contributed by atoms with Crippen LogP contribution < -0.4 is 20.1 Å². The summed E-state index contributed by atoms with van der Waals surface area (Å²) in [6.07, 6.45) is 1.12. The van der Waals surface area contributed by atoms with Gasteiger partial charge in [0, 0.05) is 27.9 Å². The first-order chi connectivity index (χ1) is 13.0. The monoisotopic (exact) mass is 388 g/mol. The van der Waals surface area contributed by atoms with Crippen LogP contribution in [0, 0.1) is 6.92 Å². The van der Waals surface area contributed by atoms with Gasteiger partial charge in [-0.2, -0.15) is 0 Å². The number of carbonyl (C=O) groups is 1. The maximum Gasteiger partial charge on any atom is 0.319 e. The first-order valence-electron chi connectivity index (χ1n) is 9.00. The van der Waals surface area contributed by atoms with Crippen molar-refractivity contribution in [3.8, 4) is 11.5 Å². The van der Waals surface area contributed by atoms with Gasteiger partial charge in [0.1, 0.15) is 0 Å². The Morgan fingerprint density at radius 3 is 2.59 bits per heavy atom. The fourth-order valence-corrected chi connectivity index (χ4v) is 3.62. The molecule has 6 heteroatoms. The Morgan fingerprint density at radius 1 is 1.19 bits per heavy atom. The Balaban J connectivity index is 1.98. The number of ether oxygens (including phenoxy) is 2. The number of rotatable bonds is 8. The van der Waals surface area contributed by atoms with Crippen molar-refractivity contribution in [3.05, 3.63) is 47.5 Å². The Kier molecular flexibility index (Phi) is 7.85. The van der Waals surface area contributed by atoms with Crippen LogP contribution in [0.1, 0.15) is 31.4 Å². The Labute approximate surface area is 165 Å². The molecule has 0 bridgehead atoms. The van der Waals surface area contributed by atoms with Crippen molar-refractivity contribution < 1.29 is 14.3 Å². The number of hydrogen-bond donors (Lipinski definition) is 2. The molecule has 0 saturated heterocycles. The molecule has 2 amide bonds. The van der Waals surface area contributed by atoms with Gasteiger partial charge in [-0.1, -0.05) is 26.0 Å². The lowest BCUT2D eigenvalue weighted by Gasteiger charge is -2.15. The van der Waals surface area contributed by atoms with E-state index >= 15 is 0 Å². The van der Waals surface area contributed by atoms with Gasteiger partial charge in [-0.25, -0.2) is 4.79 Å². The minimum Gasteiger partial charge on any atom is -0.493 e. The van der Waals surface area contributed by atoms with Crippen LogP contribution in [0.15, 0.2) is 41.3 Å². The van der Waals surface area contributed by atoms with Crippen LogP contribution in [-0.2, 0) is 6.54 Å². The zero-order chi connectivity index (χ0) is 19.8. The van der Waals surface area contributed by atoms with Gasteiger partial charge in [0.25, 0.3) is 0 Å². The van der Waals surface area contributed by atoms with Crippen molar-refractivity contribution in [3.63, 3.8) is 0 Å². The molecule has 0 saturated carbocycles. The summed E-state index contributed by atoms with van der Waals surface area (Å²) in [6.45, 7) is 6.74. The van der Waals surface area contributed by atoms with Crippen molar-refractivity contribution in [2.45, 2.75) is 43.9 Å². The van der Waals surface area contributed by atoms with Crippen LogP contribution in [0.3, 0.4) is 0 Å². The maximum absolute atomic E-state index is 12.3. The molecule has 1 unspecified atom stereocenters. The summed E-state index contributed by atoms with van der Waals surface area (Å²) in [7, 11) is 3.18. The van der Waals surface area contributed by atoms with Gasteiger partial charge in [0.2, 0.25) is 0 Å². The van der Waals surface area contributed by atoms with Gasteiger partial charge >= 0.3 is 6.03 Å². The fraction of sp³-hybridized carbons (Fsp3) is 0.381. The van der Waals surface area contributed by atoms with Gasteiger partial charge in [-0.05, 0) is 43.2 Å². The van der Waals surface area contributed by atoms with Crippen molar-refractivity contribution in [1.29, 1.82) is 0 Å². The van der Waals surface area contributed by atoms with Crippen molar-refractivity contribution >= 4 is 23.5 Å². The van der Waals surface area contributed by atoms with E-state index in [0.29, 0.717) is 23.3 Å². The third-order valence-electron chi connectivity index (χ3n) is 4.28. The number of benzene rings is 2. The Bertz CT molecular complexity index is 780. The van der Waals surface area contributed by atoms with Crippen LogP contribution >= 0.6 is 11.8 Å². The highest BCUT2D eigenvalue weighted by Crippen LogP contribution is 2.31. The summed E-state index contributed by atoms with van der Waals surface area (Å²) >= 11 is 1.85. The van der Waals surface area contributed by atoms with E-state index in [9.17, 15) is 4.79 Å². The van der Waals surface area contributed by atoms with E-state index in [-0.39, 0.29) is 6.03 Å². The molecule has 0 fully saturated rings.